The molecule has 0 spiro atoms. The maximum absolute atomic E-state index is 13.2. The van der Waals surface area contributed by atoms with Crippen molar-refractivity contribution in [1.29, 1.82) is 0 Å². The first-order valence-electron chi connectivity index (χ1n) is 5.75. The molecule has 1 aliphatic rings. The quantitative estimate of drug-likeness (QED) is 0.871. The maximum atomic E-state index is 13.2. The Bertz CT molecular complexity index is 408. The zero-order chi connectivity index (χ0) is 13.2. The van der Waals surface area contributed by atoms with Gasteiger partial charge >= 0.3 is 6.18 Å². The number of benzene rings is 1. The molecule has 1 aliphatic heterocycles. The minimum Gasteiger partial charge on any atom is -0.314 e. The van der Waals surface area contributed by atoms with E-state index in [-0.39, 0.29) is 12.4 Å². The van der Waals surface area contributed by atoms with Crippen LogP contribution in [0.5, 0.6) is 0 Å². The molecule has 1 heterocycles. The lowest BCUT2D eigenvalue weighted by Gasteiger charge is -2.36. The Kier molecular flexibility index (Phi) is 6.11. The molecule has 0 aliphatic carbocycles. The van der Waals surface area contributed by atoms with Crippen molar-refractivity contribution in [3.05, 3.63) is 34.3 Å². The molecule has 1 aromatic carbocycles. The SMILES string of the molecule is Cl.FC(F)(F)[C@H](c1cccc(Br)c1)N1CCNCC1. The smallest absolute Gasteiger partial charge is 0.314 e. The number of rotatable bonds is 2. The minimum absolute atomic E-state index is 0. The summed E-state index contributed by atoms with van der Waals surface area (Å²) in [7, 11) is 0. The second-order valence-corrected chi connectivity index (χ2v) is 5.20. The van der Waals surface area contributed by atoms with E-state index in [1.165, 1.54) is 11.0 Å². The van der Waals surface area contributed by atoms with Gasteiger partial charge in [0, 0.05) is 30.7 Å². The van der Waals surface area contributed by atoms with Crippen LogP contribution in [0.15, 0.2) is 28.7 Å². The summed E-state index contributed by atoms with van der Waals surface area (Å²) in [6, 6.07) is 4.93. The lowest BCUT2D eigenvalue weighted by molar-refractivity contribution is -0.187. The van der Waals surface area contributed by atoms with Gasteiger partial charge in [-0.3, -0.25) is 4.90 Å². The molecule has 0 radical (unpaired) electrons. The van der Waals surface area contributed by atoms with Crippen LogP contribution in [0.4, 0.5) is 13.2 Å². The van der Waals surface area contributed by atoms with Crippen molar-refractivity contribution < 1.29 is 13.2 Å². The Morgan fingerprint density at radius 1 is 1.21 bits per heavy atom. The van der Waals surface area contributed by atoms with Crippen molar-refractivity contribution in [2.75, 3.05) is 26.2 Å². The van der Waals surface area contributed by atoms with Gasteiger partial charge in [-0.1, -0.05) is 28.1 Å². The molecule has 0 unspecified atom stereocenters. The standard InChI is InChI=1S/C12H14BrF3N2.ClH/c13-10-3-1-2-9(8-10)11(12(14,15)16)18-6-4-17-5-7-18;/h1-3,8,11,17H,4-7H2;1H/t11-;/m0./s1. The van der Waals surface area contributed by atoms with Crippen LogP contribution in [0, 0.1) is 0 Å². The number of piperazine rings is 1. The lowest BCUT2D eigenvalue weighted by Crippen LogP contribution is -2.49. The average molecular weight is 360 g/mol. The van der Waals surface area contributed by atoms with Crippen LogP contribution in [0.25, 0.3) is 0 Å². The molecule has 1 N–H and O–H groups in total. The van der Waals surface area contributed by atoms with Crippen molar-refractivity contribution >= 4 is 28.3 Å². The van der Waals surface area contributed by atoms with E-state index in [2.05, 4.69) is 21.2 Å². The normalized spacial score (nSPS) is 18.7. The number of nitrogens with zero attached hydrogens (tertiary/aromatic N) is 1. The summed E-state index contributed by atoms with van der Waals surface area (Å²) in [4.78, 5) is 1.48. The summed E-state index contributed by atoms with van der Waals surface area (Å²) >= 11 is 3.22. The molecule has 0 aromatic heterocycles. The third-order valence-corrected chi connectivity index (χ3v) is 3.48. The van der Waals surface area contributed by atoms with Gasteiger partial charge in [0.05, 0.1) is 0 Å². The highest BCUT2D eigenvalue weighted by atomic mass is 79.9. The fourth-order valence-electron chi connectivity index (χ4n) is 2.22. The van der Waals surface area contributed by atoms with E-state index in [0.717, 1.165) is 0 Å². The lowest BCUT2D eigenvalue weighted by atomic mass is 10.0. The molecule has 7 heteroatoms. The molecular weight excluding hydrogens is 344 g/mol. The summed E-state index contributed by atoms with van der Waals surface area (Å²) in [6.07, 6.45) is -4.25. The number of hydrogen-bond acceptors (Lipinski definition) is 2. The molecular formula is C12H15BrClF3N2. The van der Waals surface area contributed by atoms with Crippen LogP contribution in [-0.4, -0.2) is 37.3 Å². The molecule has 0 bridgehead atoms. The number of hydrogen-bond donors (Lipinski definition) is 1. The number of halogens is 5. The van der Waals surface area contributed by atoms with Crippen LogP contribution >= 0.6 is 28.3 Å². The minimum atomic E-state index is -4.25. The molecule has 0 saturated carbocycles. The van der Waals surface area contributed by atoms with Crippen LogP contribution in [0.1, 0.15) is 11.6 Å². The van der Waals surface area contributed by atoms with E-state index in [1.807, 2.05) is 0 Å². The Morgan fingerprint density at radius 2 is 1.84 bits per heavy atom. The van der Waals surface area contributed by atoms with Gasteiger partial charge in [0.15, 0.2) is 0 Å². The van der Waals surface area contributed by atoms with Gasteiger partial charge in [-0.2, -0.15) is 13.2 Å². The average Bonchev–Trinajstić information content (AvgIpc) is 2.28. The van der Waals surface area contributed by atoms with E-state index in [1.54, 1.807) is 18.2 Å². The summed E-state index contributed by atoms with van der Waals surface area (Å²) in [5.74, 6) is 0. The molecule has 19 heavy (non-hydrogen) atoms. The monoisotopic (exact) mass is 358 g/mol. The van der Waals surface area contributed by atoms with Gasteiger partial charge in [0.25, 0.3) is 0 Å². The first-order chi connectivity index (χ1) is 8.48. The third-order valence-electron chi connectivity index (χ3n) is 2.99. The van der Waals surface area contributed by atoms with Crippen LogP contribution in [0.3, 0.4) is 0 Å². The molecule has 1 atom stereocenters. The van der Waals surface area contributed by atoms with Gasteiger partial charge in [-0.15, -0.1) is 12.4 Å². The van der Waals surface area contributed by atoms with Crippen molar-refractivity contribution in [2.45, 2.75) is 12.2 Å². The topological polar surface area (TPSA) is 15.3 Å². The van der Waals surface area contributed by atoms with E-state index < -0.39 is 12.2 Å². The molecule has 1 aromatic rings. The fraction of sp³-hybridized carbons (Fsp3) is 0.500. The first-order valence-corrected chi connectivity index (χ1v) is 6.55. The molecule has 108 valence electrons. The third kappa shape index (κ3) is 4.34. The van der Waals surface area contributed by atoms with Crippen LogP contribution < -0.4 is 5.32 Å². The van der Waals surface area contributed by atoms with Crippen LogP contribution in [0.2, 0.25) is 0 Å². The predicted molar refractivity (Wildman–Crippen MR) is 74.6 cm³/mol. The van der Waals surface area contributed by atoms with Gasteiger partial charge in [0.2, 0.25) is 0 Å². The van der Waals surface area contributed by atoms with Crippen molar-refractivity contribution in [1.82, 2.24) is 10.2 Å². The Morgan fingerprint density at radius 3 is 2.37 bits per heavy atom. The molecule has 2 nitrogen and oxygen atoms in total. The van der Waals surface area contributed by atoms with Crippen molar-refractivity contribution in [3.63, 3.8) is 0 Å². The highest BCUT2D eigenvalue weighted by Gasteiger charge is 2.44. The second-order valence-electron chi connectivity index (χ2n) is 4.29. The number of alkyl halides is 3. The summed E-state index contributed by atoms with van der Waals surface area (Å²) in [5, 5.41) is 3.07. The van der Waals surface area contributed by atoms with Gasteiger partial charge in [-0.25, -0.2) is 0 Å². The molecule has 2 rings (SSSR count). The predicted octanol–water partition coefficient (Wildman–Crippen LogP) is 3.38. The van der Waals surface area contributed by atoms with Gasteiger partial charge < -0.3 is 5.32 Å². The van der Waals surface area contributed by atoms with Gasteiger partial charge in [-0.05, 0) is 17.7 Å². The highest BCUT2D eigenvalue weighted by molar-refractivity contribution is 9.10. The van der Waals surface area contributed by atoms with E-state index in [4.69, 9.17) is 0 Å². The Balaban J connectivity index is 0.00000180. The zero-order valence-electron chi connectivity index (χ0n) is 10.1. The Labute approximate surface area is 124 Å². The molecule has 1 saturated heterocycles. The van der Waals surface area contributed by atoms with Crippen molar-refractivity contribution in [2.24, 2.45) is 0 Å². The molecule has 0 amide bonds. The summed E-state index contributed by atoms with van der Waals surface area (Å²) in [6.45, 7) is 2.02. The second kappa shape index (κ2) is 6.92. The zero-order valence-corrected chi connectivity index (χ0v) is 12.5. The van der Waals surface area contributed by atoms with Crippen LogP contribution in [-0.2, 0) is 0 Å². The summed E-state index contributed by atoms with van der Waals surface area (Å²) < 4.78 is 40.4. The largest absolute Gasteiger partial charge is 0.408 e. The Hall–Kier alpha value is -0.300. The highest BCUT2D eigenvalue weighted by Crippen LogP contribution is 2.38. The molecule has 1 fully saturated rings. The fourth-order valence-corrected chi connectivity index (χ4v) is 2.64. The van der Waals surface area contributed by atoms with E-state index in [0.29, 0.717) is 36.2 Å². The van der Waals surface area contributed by atoms with Gasteiger partial charge in [0.1, 0.15) is 6.04 Å². The first kappa shape index (κ1) is 16.8. The summed E-state index contributed by atoms with van der Waals surface area (Å²) in [5.41, 5.74) is 0.291. The van der Waals surface area contributed by atoms with Crippen molar-refractivity contribution in [3.8, 4) is 0 Å². The van der Waals surface area contributed by atoms with E-state index in [9.17, 15) is 13.2 Å². The number of nitrogens with one attached hydrogen (secondary N) is 1. The van der Waals surface area contributed by atoms with E-state index >= 15 is 0 Å². The maximum Gasteiger partial charge on any atom is 0.408 e.